The van der Waals surface area contributed by atoms with Crippen LogP contribution in [0.4, 0.5) is 0 Å². The second kappa shape index (κ2) is 8.13. The van der Waals surface area contributed by atoms with Crippen LogP contribution in [0.25, 0.3) is 5.65 Å². The number of methoxy groups -OCH3 is 1. The lowest BCUT2D eigenvalue weighted by Gasteiger charge is -2.06. The Hall–Kier alpha value is -3.68. The first kappa shape index (κ1) is 18.1. The van der Waals surface area contributed by atoms with E-state index in [0.717, 1.165) is 5.56 Å². The molecule has 0 bridgehead atoms. The van der Waals surface area contributed by atoms with Crippen LogP contribution < -0.4 is 5.32 Å². The van der Waals surface area contributed by atoms with E-state index in [-0.39, 0.29) is 12.2 Å². The number of rotatable bonds is 6. The number of carbonyl (C=O) groups excluding carboxylic acids is 3. The number of nitrogens with zero attached hydrogens (tertiary/aromatic N) is 2. The Labute approximate surface area is 154 Å². The van der Waals surface area contributed by atoms with Crippen molar-refractivity contribution in [3.05, 3.63) is 71.7 Å². The zero-order valence-electron chi connectivity index (χ0n) is 14.5. The van der Waals surface area contributed by atoms with Gasteiger partial charge in [-0.05, 0) is 29.8 Å². The van der Waals surface area contributed by atoms with Crippen LogP contribution >= 0.6 is 0 Å². The van der Waals surface area contributed by atoms with E-state index in [9.17, 15) is 14.4 Å². The Balaban J connectivity index is 1.47. The number of ether oxygens (including phenoxy) is 2. The molecule has 0 saturated heterocycles. The molecule has 27 heavy (non-hydrogen) atoms. The minimum atomic E-state index is -0.670. The predicted octanol–water partition coefficient (Wildman–Crippen LogP) is 1.59. The summed E-state index contributed by atoms with van der Waals surface area (Å²) < 4.78 is 11.3. The fourth-order valence-electron chi connectivity index (χ4n) is 2.37. The van der Waals surface area contributed by atoms with Crippen LogP contribution in [0.5, 0.6) is 0 Å². The number of hydrogen-bond acceptors (Lipinski definition) is 6. The third kappa shape index (κ3) is 4.49. The molecule has 8 heteroatoms. The lowest BCUT2D eigenvalue weighted by molar-refractivity contribution is -0.124. The second-order valence-corrected chi connectivity index (χ2v) is 5.63. The molecule has 0 fully saturated rings. The maximum absolute atomic E-state index is 12.0. The zero-order chi connectivity index (χ0) is 19.2. The van der Waals surface area contributed by atoms with Crippen LogP contribution in [0.3, 0.4) is 0 Å². The minimum absolute atomic E-state index is 0.132. The quantitative estimate of drug-likeness (QED) is 0.665. The third-order valence-corrected chi connectivity index (χ3v) is 3.77. The number of amides is 1. The Morgan fingerprint density at radius 1 is 1.07 bits per heavy atom. The predicted molar refractivity (Wildman–Crippen MR) is 95.1 cm³/mol. The highest BCUT2D eigenvalue weighted by molar-refractivity contribution is 5.90. The van der Waals surface area contributed by atoms with Crippen molar-refractivity contribution in [1.29, 1.82) is 0 Å². The first-order chi connectivity index (χ1) is 13.1. The van der Waals surface area contributed by atoms with Crippen molar-refractivity contribution in [2.45, 2.75) is 6.54 Å². The van der Waals surface area contributed by atoms with Gasteiger partial charge in [0.25, 0.3) is 5.91 Å². The summed E-state index contributed by atoms with van der Waals surface area (Å²) in [6.45, 7) is -0.168. The van der Waals surface area contributed by atoms with Crippen molar-refractivity contribution >= 4 is 23.5 Å². The van der Waals surface area contributed by atoms with Crippen LogP contribution in [-0.4, -0.2) is 40.9 Å². The van der Waals surface area contributed by atoms with Gasteiger partial charge in [-0.1, -0.05) is 18.2 Å². The average Bonchev–Trinajstić information content (AvgIpc) is 3.14. The van der Waals surface area contributed by atoms with Crippen LogP contribution in [0.15, 0.2) is 54.9 Å². The van der Waals surface area contributed by atoms with Gasteiger partial charge in [-0.25, -0.2) is 14.6 Å². The van der Waals surface area contributed by atoms with Crippen molar-refractivity contribution < 1.29 is 23.9 Å². The van der Waals surface area contributed by atoms with Crippen molar-refractivity contribution in [3.63, 3.8) is 0 Å². The Morgan fingerprint density at radius 2 is 1.85 bits per heavy atom. The zero-order valence-corrected chi connectivity index (χ0v) is 14.5. The van der Waals surface area contributed by atoms with E-state index in [1.807, 2.05) is 12.1 Å². The van der Waals surface area contributed by atoms with E-state index in [2.05, 4.69) is 15.0 Å². The van der Waals surface area contributed by atoms with E-state index >= 15 is 0 Å². The Morgan fingerprint density at radius 3 is 2.56 bits per heavy atom. The van der Waals surface area contributed by atoms with Crippen molar-refractivity contribution in [2.75, 3.05) is 13.7 Å². The lowest BCUT2D eigenvalue weighted by atomic mass is 10.1. The van der Waals surface area contributed by atoms with Gasteiger partial charge >= 0.3 is 11.9 Å². The van der Waals surface area contributed by atoms with Crippen LogP contribution in [0.1, 0.15) is 26.4 Å². The van der Waals surface area contributed by atoms with Gasteiger partial charge in [-0.15, -0.1) is 0 Å². The molecule has 0 aliphatic carbocycles. The highest BCUT2D eigenvalue weighted by Gasteiger charge is 2.14. The second-order valence-electron chi connectivity index (χ2n) is 5.63. The molecular formula is C19H17N3O5. The molecule has 0 radical (unpaired) electrons. The van der Waals surface area contributed by atoms with E-state index in [1.54, 1.807) is 47.1 Å². The van der Waals surface area contributed by atoms with E-state index < -0.39 is 24.5 Å². The number of benzene rings is 1. The van der Waals surface area contributed by atoms with Crippen LogP contribution in [-0.2, 0) is 20.8 Å². The molecule has 0 spiro atoms. The third-order valence-electron chi connectivity index (χ3n) is 3.77. The normalized spacial score (nSPS) is 10.4. The molecule has 3 aromatic rings. The number of carbonyl (C=O) groups is 3. The smallest absolute Gasteiger partial charge is 0.359 e. The summed E-state index contributed by atoms with van der Waals surface area (Å²) in [5.74, 6) is -1.54. The van der Waals surface area contributed by atoms with Crippen molar-refractivity contribution in [1.82, 2.24) is 14.7 Å². The van der Waals surface area contributed by atoms with Gasteiger partial charge in [-0.2, -0.15) is 0 Å². The minimum Gasteiger partial charge on any atom is -0.465 e. The van der Waals surface area contributed by atoms with Crippen molar-refractivity contribution in [2.24, 2.45) is 0 Å². The Kier molecular flexibility index (Phi) is 5.46. The number of hydrogen-bond donors (Lipinski definition) is 1. The molecule has 138 valence electrons. The largest absolute Gasteiger partial charge is 0.465 e. The average molecular weight is 367 g/mol. The number of fused-ring (bicyclic) bond motifs is 1. The number of esters is 2. The highest BCUT2D eigenvalue weighted by Crippen LogP contribution is 2.07. The molecule has 0 aliphatic heterocycles. The number of aromatic nitrogens is 2. The maximum Gasteiger partial charge on any atom is 0.359 e. The van der Waals surface area contributed by atoms with E-state index in [4.69, 9.17) is 4.74 Å². The highest BCUT2D eigenvalue weighted by atomic mass is 16.5. The van der Waals surface area contributed by atoms with Gasteiger partial charge in [0.2, 0.25) is 0 Å². The summed E-state index contributed by atoms with van der Waals surface area (Å²) in [5, 5.41) is 2.64. The molecule has 2 heterocycles. The van der Waals surface area contributed by atoms with Gasteiger partial charge in [0, 0.05) is 18.9 Å². The topological polar surface area (TPSA) is 99.0 Å². The molecule has 3 rings (SSSR count). The van der Waals surface area contributed by atoms with Crippen LogP contribution in [0, 0.1) is 0 Å². The summed E-state index contributed by atoms with van der Waals surface area (Å²) in [5.41, 5.74) is 1.97. The lowest BCUT2D eigenvalue weighted by Crippen LogP contribution is -2.28. The SMILES string of the molecule is COC(=O)c1ccc(CNC(=O)COC(=O)c2cn3ccccc3n2)cc1. The number of imidazole rings is 1. The summed E-state index contributed by atoms with van der Waals surface area (Å²) in [6.07, 6.45) is 3.30. The molecular weight excluding hydrogens is 350 g/mol. The monoisotopic (exact) mass is 367 g/mol. The first-order valence-corrected chi connectivity index (χ1v) is 8.11. The van der Waals surface area contributed by atoms with Gasteiger partial charge in [0.05, 0.1) is 12.7 Å². The molecule has 0 aliphatic rings. The van der Waals surface area contributed by atoms with E-state index in [0.29, 0.717) is 11.2 Å². The molecule has 0 saturated carbocycles. The maximum atomic E-state index is 12.0. The first-order valence-electron chi connectivity index (χ1n) is 8.11. The molecule has 2 aromatic heterocycles. The molecule has 0 unspecified atom stereocenters. The number of pyridine rings is 1. The molecule has 8 nitrogen and oxygen atoms in total. The van der Waals surface area contributed by atoms with Gasteiger partial charge in [0.1, 0.15) is 5.65 Å². The summed E-state index contributed by atoms with van der Waals surface area (Å²) >= 11 is 0. The van der Waals surface area contributed by atoms with Gasteiger partial charge in [-0.3, -0.25) is 4.79 Å². The summed E-state index contributed by atoms with van der Waals surface area (Å²) in [7, 11) is 1.31. The van der Waals surface area contributed by atoms with Crippen molar-refractivity contribution in [3.8, 4) is 0 Å². The summed E-state index contributed by atoms with van der Waals surface area (Å²) in [6, 6.07) is 12.0. The fourth-order valence-corrected chi connectivity index (χ4v) is 2.37. The molecule has 0 atom stereocenters. The molecule has 1 amide bonds. The van der Waals surface area contributed by atoms with Gasteiger partial charge < -0.3 is 19.2 Å². The number of nitrogens with one attached hydrogen (secondary N) is 1. The van der Waals surface area contributed by atoms with E-state index in [1.165, 1.54) is 7.11 Å². The molecule has 1 aromatic carbocycles. The van der Waals surface area contributed by atoms with Gasteiger partial charge in [0.15, 0.2) is 12.3 Å². The molecule has 1 N–H and O–H groups in total. The standard InChI is InChI=1S/C19H17N3O5/c1-26-18(24)14-7-5-13(6-8-14)10-20-17(23)12-27-19(25)15-11-22-9-3-2-4-16(22)21-15/h2-9,11H,10,12H2,1H3,(H,20,23). The Bertz CT molecular complexity index is 945. The fraction of sp³-hybridized carbons (Fsp3) is 0.158. The summed E-state index contributed by atoms with van der Waals surface area (Å²) in [4.78, 5) is 39.4. The van der Waals surface area contributed by atoms with Crippen LogP contribution in [0.2, 0.25) is 0 Å².